The number of rotatable bonds is 7. The van der Waals surface area contributed by atoms with Gasteiger partial charge in [-0.05, 0) is 36.4 Å². The Morgan fingerprint density at radius 2 is 1.82 bits per heavy atom. The normalized spacial score (nSPS) is 10.7. The van der Waals surface area contributed by atoms with E-state index >= 15 is 0 Å². The molecule has 0 aliphatic carbocycles. The number of aryl methyl sites for hydroxylation is 1. The topological polar surface area (TPSA) is 134 Å². The average molecular weight is 448 g/mol. The maximum Gasteiger partial charge on any atom is 0.351 e. The van der Waals surface area contributed by atoms with Gasteiger partial charge in [0, 0.05) is 25.6 Å². The lowest BCUT2D eigenvalue weighted by Crippen LogP contribution is -2.40. The lowest BCUT2D eigenvalue weighted by Gasteiger charge is -2.07. The molecule has 0 aliphatic rings. The molecule has 0 atom stereocenters. The third kappa shape index (κ3) is 4.71. The predicted octanol–water partition coefficient (Wildman–Crippen LogP) is 1.56. The summed E-state index contributed by atoms with van der Waals surface area (Å²) in [5, 5.41) is 10.7. The number of benzene rings is 2. The highest BCUT2D eigenvalue weighted by Gasteiger charge is 2.19. The van der Waals surface area contributed by atoms with Gasteiger partial charge in [0.15, 0.2) is 5.69 Å². The first kappa shape index (κ1) is 21.7. The van der Waals surface area contributed by atoms with Crippen molar-refractivity contribution in [3.8, 4) is 23.0 Å². The number of aromatic nitrogens is 5. The van der Waals surface area contributed by atoms with Crippen LogP contribution in [0.25, 0.3) is 17.2 Å². The first-order valence-corrected chi connectivity index (χ1v) is 9.99. The number of nitrogens with zero attached hydrogens (tertiary/aromatic N) is 5. The quantitative estimate of drug-likeness (QED) is 0.450. The van der Waals surface area contributed by atoms with Crippen LogP contribution in [0.15, 0.2) is 68.7 Å². The Morgan fingerprint density at radius 1 is 1.09 bits per heavy atom. The fourth-order valence-electron chi connectivity index (χ4n) is 3.02. The molecule has 0 bridgehead atoms. The number of amides is 1. The van der Waals surface area contributed by atoms with Crippen molar-refractivity contribution in [2.45, 2.75) is 12.8 Å². The van der Waals surface area contributed by atoms with Gasteiger partial charge in [-0.25, -0.2) is 4.79 Å². The Morgan fingerprint density at radius 3 is 2.52 bits per heavy atom. The van der Waals surface area contributed by atoms with Crippen LogP contribution in [0.3, 0.4) is 0 Å². The highest BCUT2D eigenvalue weighted by Crippen LogP contribution is 2.16. The van der Waals surface area contributed by atoms with Gasteiger partial charge in [0.2, 0.25) is 17.6 Å². The molecule has 4 aromatic rings. The van der Waals surface area contributed by atoms with Crippen LogP contribution in [0.4, 0.5) is 5.69 Å². The van der Waals surface area contributed by atoms with Gasteiger partial charge in [0.25, 0.3) is 5.56 Å². The molecule has 4 rings (SSSR count). The Kier molecular flexibility index (Phi) is 6.11. The number of anilines is 1. The number of nitrogens with one attached hydrogen (secondary N) is 1. The Hall–Kier alpha value is -4.54. The molecule has 11 nitrogen and oxygen atoms in total. The molecule has 0 fully saturated rings. The summed E-state index contributed by atoms with van der Waals surface area (Å²) in [6.07, 6.45) is 0.246. The Balaban J connectivity index is 1.50. The molecule has 0 spiro atoms. The lowest BCUT2D eigenvalue weighted by molar-refractivity contribution is -0.116. The van der Waals surface area contributed by atoms with E-state index in [9.17, 15) is 14.4 Å². The van der Waals surface area contributed by atoms with Gasteiger partial charge in [0.05, 0.1) is 12.8 Å². The highest BCUT2D eigenvalue weighted by atomic mass is 16.5. The minimum atomic E-state index is -0.656. The van der Waals surface area contributed by atoms with Gasteiger partial charge in [-0.3, -0.25) is 14.2 Å². The van der Waals surface area contributed by atoms with E-state index in [1.165, 1.54) is 7.05 Å². The molecule has 0 aliphatic heterocycles. The van der Waals surface area contributed by atoms with E-state index in [4.69, 9.17) is 9.26 Å². The summed E-state index contributed by atoms with van der Waals surface area (Å²) in [7, 11) is 2.91. The van der Waals surface area contributed by atoms with Gasteiger partial charge in [-0.15, -0.1) is 0 Å². The molecular weight excluding hydrogens is 428 g/mol. The zero-order chi connectivity index (χ0) is 23.4. The van der Waals surface area contributed by atoms with E-state index in [0.717, 1.165) is 9.25 Å². The summed E-state index contributed by atoms with van der Waals surface area (Å²) in [5.74, 6) is 0.540. The minimum Gasteiger partial charge on any atom is -0.497 e. The van der Waals surface area contributed by atoms with Crippen molar-refractivity contribution in [3.63, 3.8) is 0 Å². The lowest BCUT2D eigenvalue weighted by atomic mass is 10.2. The van der Waals surface area contributed by atoms with Crippen LogP contribution < -0.4 is 21.3 Å². The van der Waals surface area contributed by atoms with Gasteiger partial charge in [0.1, 0.15) is 5.75 Å². The molecule has 1 amide bonds. The van der Waals surface area contributed by atoms with Crippen LogP contribution in [-0.2, 0) is 18.3 Å². The number of hydrogen-bond donors (Lipinski definition) is 1. The fourth-order valence-corrected chi connectivity index (χ4v) is 3.02. The van der Waals surface area contributed by atoms with Crippen molar-refractivity contribution in [1.82, 2.24) is 24.5 Å². The molecule has 2 aromatic carbocycles. The van der Waals surface area contributed by atoms with Crippen LogP contribution >= 0.6 is 0 Å². The Bertz CT molecular complexity index is 1390. The number of ether oxygens (including phenoxy) is 1. The Labute approximate surface area is 187 Å². The molecule has 168 valence electrons. The largest absolute Gasteiger partial charge is 0.497 e. The van der Waals surface area contributed by atoms with Crippen molar-refractivity contribution >= 4 is 11.6 Å². The van der Waals surface area contributed by atoms with Gasteiger partial charge >= 0.3 is 5.69 Å². The molecule has 0 radical (unpaired) electrons. The minimum absolute atomic E-state index is 0.0640. The summed E-state index contributed by atoms with van der Waals surface area (Å²) < 4.78 is 12.3. The average Bonchev–Trinajstić information content (AvgIpc) is 3.31. The van der Waals surface area contributed by atoms with E-state index in [0.29, 0.717) is 17.1 Å². The van der Waals surface area contributed by atoms with Crippen LogP contribution in [0.5, 0.6) is 5.75 Å². The molecule has 2 aromatic heterocycles. The highest BCUT2D eigenvalue weighted by molar-refractivity contribution is 5.90. The number of hydrogen-bond acceptors (Lipinski definition) is 8. The van der Waals surface area contributed by atoms with E-state index in [1.54, 1.807) is 61.7 Å². The second kappa shape index (κ2) is 9.30. The molecule has 1 N–H and O–H groups in total. The zero-order valence-electron chi connectivity index (χ0n) is 17.9. The smallest absolute Gasteiger partial charge is 0.351 e. The first-order chi connectivity index (χ1) is 16.0. The third-order valence-corrected chi connectivity index (χ3v) is 4.80. The summed E-state index contributed by atoms with van der Waals surface area (Å²) in [5.41, 5.74) is -0.287. The first-order valence-electron chi connectivity index (χ1n) is 9.99. The number of methoxy groups -OCH3 is 1. The number of para-hydroxylation sites is 1. The van der Waals surface area contributed by atoms with Gasteiger partial charge < -0.3 is 14.6 Å². The van der Waals surface area contributed by atoms with Crippen molar-refractivity contribution in [3.05, 3.63) is 81.3 Å². The SMILES string of the molecule is COc1ccc(NC(=O)CCc2nc(-c3nn(-c4ccccc4)c(=O)n(C)c3=O)no2)cc1. The third-order valence-electron chi connectivity index (χ3n) is 4.80. The van der Waals surface area contributed by atoms with Crippen molar-refractivity contribution < 1.29 is 14.1 Å². The molecule has 33 heavy (non-hydrogen) atoms. The molecule has 0 saturated heterocycles. The van der Waals surface area contributed by atoms with Crippen LogP contribution in [0, 0.1) is 0 Å². The van der Waals surface area contributed by atoms with Crippen LogP contribution in [0.1, 0.15) is 12.3 Å². The number of carbonyl (C=O) groups is 1. The number of carbonyl (C=O) groups excluding carboxylic acids is 1. The maximum absolute atomic E-state index is 12.6. The van der Waals surface area contributed by atoms with E-state index < -0.39 is 11.2 Å². The van der Waals surface area contributed by atoms with E-state index in [2.05, 4.69) is 20.6 Å². The van der Waals surface area contributed by atoms with Gasteiger partial charge in [-0.1, -0.05) is 23.4 Å². The zero-order valence-corrected chi connectivity index (χ0v) is 17.9. The molecule has 0 unspecified atom stereocenters. The maximum atomic E-state index is 12.6. The van der Waals surface area contributed by atoms with E-state index in [-0.39, 0.29) is 36.2 Å². The summed E-state index contributed by atoms with van der Waals surface area (Å²) in [6.45, 7) is 0. The van der Waals surface area contributed by atoms with Crippen molar-refractivity contribution in [2.24, 2.45) is 7.05 Å². The summed E-state index contributed by atoms with van der Waals surface area (Å²) in [4.78, 5) is 41.5. The standard InChI is InChI=1S/C22H20N6O5/c1-27-21(30)19(25-28(22(27)31)15-6-4-3-5-7-15)20-24-18(33-26-20)13-12-17(29)23-14-8-10-16(32-2)11-9-14/h3-11H,12-13H2,1-2H3,(H,23,29). The summed E-state index contributed by atoms with van der Waals surface area (Å²) >= 11 is 0. The van der Waals surface area contributed by atoms with Gasteiger partial charge in [-0.2, -0.15) is 14.8 Å². The van der Waals surface area contributed by atoms with Crippen molar-refractivity contribution in [2.75, 3.05) is 12.4 Å². The monoisotopic (exact) mass is 448 g/mol. The predicted molar refractivity (Wildman–Crippen MR) is 118 cm³/mol. The molecule has 0 saturated carbocycles. The van der Waals surface area contributed by atoms with Crippen molar-refractivity contribution in [1.29, 1.82) is 0 Å². The fraction of sp³-hybridized carbons (Fsp3) is 0.182. The molecular formula is C22H20N6O5. The second-order valence-corrected chi connectivity index (χ2v) is 7.03. The summed E-state index contributed by atoms with van der Waals surface area (Å²) in [6, 6.07) is 15.6. The molecule has 2 heterocycles. The van der Waals surface area contributed by atoms with Crippen LogP contribution in [0.2, 0.25) is 0 Å². The van der Waals surface area contributed by atoms with E-state index in [1.807, 2.05) is 0 Å². The molecule has 11 heteroatoms. The van der Waals surface area contributed by atoms with Crippen LogP contribution in [-0.4, -0.2) is 37.5 Å². The second-order valence-electron chi connectivity index (χ2n) is 7.03.